The predicted octanol–water partition coefficient (Wildman–Crippen LogP) is 2.41. The highest BCUT2D eigenvalue weighted by atomic mass is 32.2. The van der Waals surface area contributed by atoms with Gasteiger partial charge in [-0.2, -0.15) is 0 Å². The lowest BCUT2D eigenvalue weighted by molar-refractivity contribution is -0.387. The van der Waals surface area contributed by atoms with Gasteiger partial charge in [0.15, 0.2) is 4.90 Å². The number of hydrogen-bond acceptors (Lipinski definition) is 5. The van der Waals surface area contributed by atoms with Gasteiger partial charge in [-0.1, -0.05) is 12.1 Å². The van der Waals surface area contributed by atoms with Crippen LogP contribution in [0.3, 0.4) is 0 Å². The molecule has 2 aromatic carbocycles. The number of nitrogens with one attached hydrogen (secondary N) is 1. The first-order valence-electron chi connectivity index (χ1n) is 5.87. The van der Waals surface area contributed by atoms with Gasteiger partial charge >= 0.3 is 0 Å². The summed E-state index contributed by atoms with van der Waals surface area (Å²) in [6.45, 7) is 1.48. The van der Waals surface area contributed by atoms with Crippen LogP contribution >= 0.6 is 0 Å². The fourth-order valence-corrected chi connectivity index (χ4v) is 3.32. The van der Waals surface area contributed by atoms with E-state index in [1.165, 1.54) is 43.3 Å². The molecule has 2 rings (SSSR count). The molecule has 0 aliphatic heterocycles. The third-order valence-corrected chi connectivity index (χ3v) is 4.35. The first-order chi connectivity index (χ1) is 9.81. The van der Waals surface area contributed by atoms with E-state index < -0.39 is 20.6 Å². The number of benzene rings is 2. The summed E-state index contributed by atoms with van der Waals surface area (Å²) in [7, 11) is -4.11. The third-order valence-electron chi connectivity index (χ3n) is 2.78. The zero-order valence-corrected chi connectivity index (χ0v) is 11.8. The number of aromatic hydroxyl groups is 1. The van der Waals surface area contributed by atoms with E-state index in [1.54, 1.807) is 0 Å². The Morgan fingerprint density at radius 3 is 2.33 bits per heavy atom. The molecule has 0 fully saturated rings. The molecule has 0 heterocycles. The Kier molecular flexibility index (Phi) is 3.81. The van der Waals surface area contributed by atoms with Crippen molar-refractivity contribution in [2.75, 3.05) is 4.72 Å². The Hall–Kier alpha value is -2.61. The summed E-state index contributed by atoms with van der Waals surface area (Å²) in [5.41, 5.74) is -0.0119. The second kappa shape index (κ2) is 5.41. The molecule has 0 bridgehead atoms. The van der Waals surface area contributed by atoms with Gasteiger partial charge in [0.1, 0.15) is 5.75 Å². The van der Waals surface area contributed by atoms with Gasteiger partial charge in [-0.25, -0.2) is 8.42 Å². The van der Waals surface area contributed by atoms with Crippen LogP contribution in [0.25, 0.3) is 0 Å². The van der Waals surface area contributed by atoms with Crippen molar-refractivity contribution in [1.82, 2.24) is 0 Å². The number of anilines is 1. The number of sulfonamides is 1. The van der Waals surface area contributed by atoms with E-state index in [1.807, 2.05) is 0 Å². The van der Waals surface area contributed by atoms with Gasteiger partial charge in [0.2, 0.25) is 0 Å². The van der Waals surface area contributed by atoms with Crippen LogP contribution < -0.4 is 4.72 Å². The molecule has 0 amide bonds. The van der Waals surface area contributed by atoms with E-state index in [9.17, 15) is 18.5 Å². The van der Waals surface area contributed by atoms with Crippen LogP contribution in [0.1, 0.15) is 5.56 Å². The highest BCUT2D eigenvalue weighted by molar-refractivity contribution is 7.93. The van der Waals surface area contributed by atoms with E-state index in [-0.39, 0.29) is 21.9 Å². The lowest BCUT2D eigenvalue weighted by Crippen LogP contribution is -2.16. The Morgan fingerprint density at radius 1 is 1.14 bits per heavy atom. The van der Waals surface area contributed by atoms with E-state index in [0.717, 1.165) is 6.07 Å². The minimum atomic E-state index is -4.11. The van der Waals surface area contributed by atoms with Gasteiger partial charge in [-0.05, 0) is 36.8 Å². The van der Waals surface area contributed by atoms with Crippen LogP contribution in [0.2, 0.25) is 0 Å². The zero-order chi connectivity index (χ0) is 15.6. The fourth-order valence-electron chi connectivity index (χ4n) is 1.87. The van der Waals surface area contributed by atoms with Crippen molar-refractivity contribution in [3.63, 3.8) is 0 Å². The Balaban J connectivity index is 2.49. The average molecular weight is 308 g/mol. The van der Waals surface area contributed by atoms with Gasteiger partial charge in [0.05, 0.1) is 4.92 Å². The maximum atomic E-state index is 12.4. The molecule has 2 N–H and O–H groups in total. The highest BCUT2D eigenvalue weighted by Gasteiger charge is 2.27. The monoisotopic (exact) mass is 308 g/mol. The summed E-state index contributed by atoms with van der Waals surface area (Å²) in [6.07, 6.45) is 0. The average Bonchev–Trinajstić information content (AvgIpc) is 2.40. The van der Waals surface area contributed by atoms with Gasteiger partial charge in [-0.15, -0.1) is 0 Å². The molecule has 0 saturated carbocycles. The van der Waals surface area contributed by atoms with Crippen molar-refractivity contribution in [2.45, 2.75) is 11.8 Å². The van der Waals surface area contributed by atoms with Crippen LogP contribution in [0.15, 0.2) is 47.4 Å². The summed E-state index contributed by atoms with van der Waals surface area (Å²) in [5.74, 6) is -0.0141. The molecule has 2 aromatic rings. The maximum Gasteiger partial charge on any atom is 0.290 e. The molecule has 0 spiro atoms. The second-order valence-electron chi connectivity index (χ2n) is 4.33. The van der Waals surface area contributed by atoms with E-state index >= 15 is 0 Å². The van der Waals surface area contributed by atoms with Crippen LogP contribution in [0.5, 0.6) is 5.75 Å². The van der Waals surface area contributed by atoms with Crippen LogP contribution in [0.4, 0.5) is 11.4 Å². The lowest BCUT2D eigenvalue weighted by atomic mass is 10.2. The Morgan fingerprint density at radius 2 is 1.76 bits per heavy atom. The third kappa shape index (κ3) is 3.11. The molecule has 0 unspecified atom stereocenters. The molecule has 0 radical (unpaired) electrons. The van der Waals surface area contributed by atoms with Crippen molar-refractivity contribution < 1.29 is 18.4 Å². The van der Waals surface area contributed by atoms with Gasteiger partial charge in [-0.3, -0.25) is 14.8 Å². The molecule has 110 valence electrons. The molecule has 0 atom stereocenters. The normalized spacial score (nSPS) is 11.1. The fraction of sp³-hybridized carbons (Fsp3) is 0.0769. The first kappa shape index (κ1) is 14.8. The Labute approximate surface area is 121 Å². The van der Waals surface area contributed by atoms with Crippen LogP contribution in [0, 0.1) is 17.0 Å². The summed E-state index contributed by atoms with van der Waals surface area (Å²) >= 11 is 0. The van der Waals surface area contributed by atoms with E-state index in [0.29, 0.717) is 0 Å². The summed E-state index contributed by atoms with van der Waals surface area (Å²) < 4.78 is 27.0. The van der Waals surface area contributed by atoms with Crippen molar-refractivity contribution in [3.8, 4) is 5.75 Å². The zero-order valence-electron chi connectivity index (χ0n) is 11.0. The molecule has 8 heteroatoms. The second-order valence-corrected chi connectivity index (χ2v) is 5.95. The maximum absolute atomic E-state index is 12.4. The molecule has 0 aliphatic carbocycles. The molecule has 21 heavy (non-hydrogen) atoms. The van der Waals surface area contributed by atoms with Gasteiger partial charge in [0.25, 0.3) is 15.7 Å². The largest absolute Gasteiger partial charge is 0.508 e. The topological polar surface area (TPSA) is 110 Å². The smallest absolute Gasteiger partial charge is 0.290 e. The van der Waals surface area contributed by atoms with Crippen molar-refractivity contribution in [1.29, 1.82) is 0 Å². The molecular weight excluding hydrogens is 296 g/mol. The minimum Gasteiger partial charge on any atom is -0.508 e. The lowest BCUT2D eigenvalue weighted by Gasteiger charge is -2.10. The summed E-state index contributed by atoms with van der Waals surface area (Å²) in [6, 6.07) is 9.38. The van der Waals surface area contributed by atoms with Crippen molar-refractivity contribution >= 4 is 21.4 Å². The molecule has 0 aromatic heterocycles. The number of nitrogens with zero attached hydrogens (tertiary/aromatic N) is 1. The quantitative estimate of drug-likeness (QED) is 0.512. The number of nitro benzene ring substituents is 1. The molecule has 0 aliphatic rings. The van der Waals surface area contributed by atoms with Crippen molar-refractivity contribution in [3.05, 3.63) is 58.1 Å². The number of phenolic OH excluding ortho intramolecular Hbond substituents is 1. The number of nitro groups is 1. The summed E-state index contributed by atoms with van der Waals surface area (Å²) in [4.78, 5) is 9.89. The molecule has 7 nitrogen and oxygen atoms in total. The van der Waals surface area contributed by atoms with E-state index in [2.05, 4.69) is 4.72 Å². The van der Waals surface area contributed by atoms with Crippen LogP contribution in [-0.4, -0.2) is 18.4 Å². The minimum absolute atomic E-state index is 0.0141. The Bertz CT molecular complexity index is 785. The number of aryl methyl sites for hydroxylation is 1. The number of phenols is 1. The van der Waals surface area contributed by atoms with E-state index in [4.69, 9.17) is 5.11 Å². The standard InChI is InChI=1S/C13H12N2O5S/c1-9-3-2-4-12(15(17)18)13(9)21(19,20)14-10-5-7-11(16)8-6-10/h2-8,14,16H,1H3. The van der Waals surface area contributed by atoms with Gasteiger partial charge < -0.3 is 5.11 Å². The summed E-state index contributed by atoms with van der Waals surface area (Å²) in [5, 5.41) is 20.2. The van der Waals surface area contributed by atoms with Gasteiger partial charge in [0, 0.05) is 11.8 Å². The van der Waals surface area contributed by atoms with Crippen LogP contribution in [-0.2, 0) is 10.0 Å². The van der Waals surface area contributed by atoms with Crippen molar-refractivity contribution in [2.24, 2.45) is 0 Å². The first-order valence-corrected chi connectivity index (χ1v) is 7.35. The molecular formula is C13H12N2O5S. The highest BCUT2D eigenvalue weighted by Crippen LogP contribution is 2.29. The number of hydrogen-bond donors (Lipinski definition) is 2. The SMILES string of the molecule is Cc1cccc([N+](=O)[O-])c1S(=O)(=O)Nc1ccc(O)cc1. The number of rotatable bonds is 4. The molecule has 0 saturated heterocycles. The predicted molar refractivity (Wildman–Crippen MR) is 76.7 cm³/mol.